The quantitative estimate of drug-likeness (QED) is 0.660. The zero-order chi connectivity index (χ0) is 22.6. The number of nitriles is 1. The van der Waals surface area contributed by atoms with Gasteiger partial charge in [0.25, 0.3) is 0 Å². The van der Waals surface area contributed by atoms with Gasteiger partial charge in [-0.25, -0.2) is 4.90 Å². The van der Waals surface area contributed by atoms with Crippen LogP contribution in [0.5, 0.6) is 0 Å². The second-order valence-electron chi connectivity index (χ2n) is 8.47. The Kier molecular flexibility index (Phi) is 3.84. The van der Waals surface area contributed by atoms with E-state index in [4.69, 9.17) is 19.5 Å². The lowest BCUT2D eigenvalue weighted by molar-refractivity contribution is -0.272. The second kappa shape index (κ2) is 5.83. The van der Waals surface area contributed by atoms with Gasteiger partial charge in [0, 0.05) is 0 Å². The number of fused-ring (bicyclic) bond motifs is 6. The lowest BCUT2D eigenvalue weighted by atomic mass is 9.64. The van der Waals surface area contributed by atoms with E-state index in [0.29, 0.717) is 11.0 Å². The predicted molar refractivity (Wildman–Crippen MR) is 94.2 cm³/mol. The Labute approximate surface area is 174 Å². The number of hydrogen-bond acceptors (Lipinski definition) is 7. The number of carbonyl (C=O) groups is 2. The van der Waals surface area contributed by atoms with Crippen molar-refractivity contribution >= 4 is 17.5 Å². The molecule has 1 aromatic rings. The number of carbonyl (C=O) groups excluding carboxylic acids is 2. The highest BCUT2D eigenvalue weighted by atomic mass is 19.4. The fourth-order valence-electron chi connectivity index (χ4n) is 5.68. The highest BCUT2D eigenvalue weighted by Crippen LogP contribution is 2.66. The predicted octanol–water partition coefficient (Wildman–Crippen LogP) is 1.35. The van der Waals surface area contributed by atoms with Crippen LogP contribution in [-0.2, 0) is 30.0 Å². The maximum atomic E-state index is 13.4. The first-order valence-corrected chi connectivity index (χ1v) is 9.58. The fourth-order valence-corrected chi connectivity index (χ4v) is 5.68. The molecular formula is C20H17F3N2O6. The molecular weight excluding hydrogens is 421 g/mol. The monoisotopic (exact) mass is 438 g/mol. The highest BCUT2D eigenvalue weighted by molar-refractivity contribution is 6.23. The Balaban J connectivity index is 1.62. The van der Waals surface area contributed by atoms with Crippen LogP contribution in [-0.4, -0.2) is 53.2 Å². The molecule has 2 bridgehead atoms. The molecule has 11 heteroatoms. The largest absolute Gasteiger partial charge is 0.417 e. The minimum atomic E-state index is -4.85. The Bertz CT molecular complexity index is 1060. The number of rotatable bonds is 1. The Morgan fingerprint density at radius 2 is 1.77 bits per heavy atom. The number of benzene rings is 1. The van der Waals surface area contributed by atoms with E-state index in [1.807, 2.05) is 0 Å². The van der Waals surface area contributed by atoms with E-state index in [-0.39, 0.29) is 18.9 Å². The minimum Gasteiger partial charge on any atom is -0.384 e. The molecule has 4 aliphatic rings. The highest BCUT2D eigenvalue weighted by Gasteiger charge is 2.86. The summed E-state index contributed by atoms with van der Waals surface area (Å²) in [5.74, 6) is -5.48. The van der Waals surface area contributed by atoms with Crippen LogP contribution in [0.15, 0.2) is 18.2 Å². The van der Waals surface area contributed by atoms with Crippen LogP contribution >= 0.6 is 0 Å². The molecule has 4 saturated heterocycles. The number of amides is 2. The molecule has 0 radical (unpaired) electrons. The molecule has 5 rings (SSSR count). The van der Waals surface area contributed by atoms with Crippen molar-refractivity contribution in [1.82, 2.24) is 0 Å². The van der Waals surface area contributed by atoms with E-state index in [2.05, 4.69) is 0 Å². The molecule has 1 aromatic carbocycles. The smallest absolute Gasteiger partial charge is 0.384 e. The molecule has 4 aliphatic heterocycles. The number of nitrogens with zero attached hydrogens (tertiary/aromatic N) is 2. The summed E-state index contributed by atoms with van der Waals surface area (Å²) in [6.07, 6.45) is -6.24. The van der Waals surface area contributed by atoms with Crippen molar-refractivity contribution in [2.24, 2.45) is 11.8 Å². The summed E-state index contributed by atoms with van der Waals surface area (Å²) in [5, 5.41) is 20.0. The molecule has 1 spiro atoms. The summed E-state index contributed by atoms with van der Waals surface area (Å²) < 4.78 is 57.6. The maximum Gasteiger partial charge on any atom is 0.417 e. The third-order valence-electron chi connectivity index (χ3n) is 6.95. The Morgan fingerprint density at radius 3 is 2.35 bits per heavy atom. The number of hydrogen-bond donors (Lipinski definition) is 1. The van der Waals surface area contributed by atoms with Gasteiger partial charge in [-0.2, -0.15) is 18.4 Å². The summed E-state index contributed by atoms with van der Waals surface area (Å²) in [4.78, 5) is 27.3. The number of alkyl halides is 3. The molecule has 0 aromatic heterocycles. The van der Waals surface area contributed by atoms with Crippen molar-refractivity contribution in [3.8, 4) is 6.07 Å². The number of anilines is 1. The zero-order valence-corrected chi connectivity index (χ0v) is 16.4. The number of ether oxygens (including phenoxy) is 3. The minimum absolute atomic E-state index is 0.153. The summed E-state index contributed by atoms with van der Waals surface area (Å²) in [6, 6.07) is 4.11. The van der Waals surface area contributed by atoms with Crippen molar-refractivity contribution in [2.75, 3.05) is 18.1 Å². The van der Waals surface area contributed by atoms with E-state index in [1.165, 1.54) is 19.9 Å². The normalized spacial score (nSPS) is 38.2. The first-order valence-electron chi connectivity index (χ1n) is 9.58. The van der Waals surface area contributed by atoms with Crippen molar-refractivity contribution in [1.29, 1.82) is 5.26 Å². The zero-order valence-electron chi connectivity index (χ0n) is 16.4. The van der Waals surface area contributed by atoms with Gasteiger partial charge >= 0.3 is 6.18 Å². The van der Waals surface area contributed by atoms with Crippen molar-refractivity contribution < 1.29 is 42.1 Å². The molecule has 31 heavy (non-hydrogen) atoms. The van der Waals surface area contributed by atoms with Gasteiger partial charge in [0.15, 0.2) is 0 Å². The Morgan fingerprint density at radius 1 is 1.16 bits per heavy atom. The summed E-state index contributed by atoms with van der Waals surface area (Å²) >= 11 is 0. The van der Waals surface area contributed by atoms with E-state index in [0.717, 1.165) is 12.1 Å². The van der Waals surface area contributed by atoms with Gasteiger partial charge < -0.3 is 19.3 Å². The first-order chi connectivity index (χ1) is 14.4. The van der Waals surface area contributed by atoms with Crippen LogP contribution in [0.1, 0.15) is 25.0 Å². The average Bonchev–Trinajstić information content (AvgIpc) is 3.39. The summed E-state index contributed by atoms with van der Waals surface area (Å²) in [6.45, 7) is 3.28. The fraction of sp³-hybridized carbons (Fsp3) is 0.550. The molecule has 1 N–H and O–H groups in total. The van der Waals surface area contributed by atoms with Gasteiger partial charge in [-0.05, 0) is 32.0 Å². The molecule has 0 aliphatic carbocycles. The van der Waals surface area contributed by atoms with Crippen LogP contribution in [0, 0.1) is 23.2 Å². The molecule has 0 saturated carbocycles. The van der Waals surface area contributed by atoms with Crippen LogP contribution < -0.4 is 4.90 Å². The summed E-state index contributed by atoms with van der Waals surface area (Å²) in [7, 11) is 0. The number of aliphatic hydroxyl groups excluding tert-OH is 1. The van der Waals surface area contributed by atoms with E-state index < -0.39 is 64.0 Å². The topological polar surface area (TPSA) is 109 Å². The molecule has 5 unspecified atom stereocenters. The van der Waals surface area contributed by atoms with Crippen LogP contribution in [0.3, 0.4) is 0 Å². The molecule has 8 nitrogen and oxygen atoms in total. The number of halogens is 3. The standard InChI is InChI=1S/C20H17F3N2O6/c1-17-12-13(18(2,31-17)19(16(17)28)29-5-6-30-19)15(27)25(14(12)26)10-4-3-9(8-24)11(7-10)20(21,22)23/h3-4,7,12-13,16,28H,5-6H2,1-2H3. The van der Waals surface area contributed by atoms with E-state index in [1.54, 1.807) is 0 Å². The molecule has 5 atom stereocenters. The van der Waals surface area contributed by atoms with Crippen molar-refractivity contribution in [2.45, 2.75) is 43.1 Å². The van der Waals surface area contributed by atoms with Gasteiger partial charge in [0.05, 0.1) is 47.9 Å². The second-order valence-corrected chi connectivity index (χ2v) is 8.47. The molecule has 4 fully saturated rings. The van der Waals surface area contributed by atoms with Gasteiger partial charge in [0.1, 0.15) is 17.3 Å². The van der Waals surface area contributed by atoms with Gasteiger partial charge in [-0.1, -0.05) is 0 Å². The molecule has 2 amide bonds. The first kappa shape index (κ1) is 20.4. The van der Waals surface area contributed by atoms with Crippen LogP contribution in [0.4, 0.5) is 18.9 Å². The van der Waals surface area contributed by atoms with Gasteiger partial charge in [0.2, 0.25) is 17.6 Å². The van der Waals surface area contributed by atoms with E-state index >= 15 is 0 Å². The Hall–Kier alpha value is -2.52. The summed E-state index contributed by atoms with van der Waals surface area (Å²) in [5.41, 5.74) is -5.24. The number of aliphatic hydroxyl groups is 1. The average molecular weight is 438 g/mol. The molecule has 164 valence electrons. The maximum absolute atomic E-state index is 13.4. The number of imide groups is 1. The van der Waals surface area contributed by atoms with Crippen LogP contribution in [0.25, 0.3) is 0 Å². The van der Waals surface area contributed by atoms with Gasteiger partial charge in [-0.15, -0.1) is 0 Å². The van der Waals surface area contributed by atoms with Crippen molar-refractivity contribution in [3.63, 3.8) is 0 Å². The lowest BCUT2D eigenvalue weighted by Gasteiger charge is -2.44. The SMILES string of the molecule is CC12OC(C)(C3C(=O)N(c4ccc(C#N)c(C(F)(F)F)c4)C(=O)C31)C1(OCCO1)C2O. The lowest BCUT2D eigenvalue weighted by Crippen LogP contribution is -2.66. The third-order valence-corrected chi connectivity index (χ3v) is 6.95. The third kappa shape index (κ3) is 2.18. The molecule has 4 heterocycles. The van der Waals surface area contributed by atoms with Crippen molar-refractivity contribution in [3.05, 3.63) is 29.3 Å². The van der Waals surface area contributed by atoms with E-state index in [9.17, 15) is 27.9 Å². The van der Waals surface area contributed by atoms with Crippen LogP contribution in [0.2, 0.25) is 0 Å². The van der Waals surface area contributed by atoms with Gasteiger partial charge in [-0.3, -0.25) is 9.59 Å².